The summed E-state index contributed by atoms with van der Waals surface area (Å²) in [4.78, 5) is 25.4. The van der Waals surface area contributed by atoms with Crippen molar-refractivity contribution < 1.29 is 56.8 Å². The van der Waals surface area contributed by atoms with E-state index in [1.165, 1.54) is 141 Å². The molecule has 1 heterocycles. The van der Waals surface area contributed by atoms with E-state index in [1.54, 1.807) is 0 Å². The highest BCUT2D eigenvalue weighted by Gasteiger charge is 2.46. The lowest BCUT2D eigenvalue weighted by Crippen LogP contribution is -2.60. The molecule has 12 nitrogen and oxygen atoms in total. The standard InChI is InChI=1S/C46H86O12S/c1-3-5-7-9-11-13-15-17-19-21-22-24-26-28-30-32-34-41(47)55-36-39(37-56-46-45(51)44(50)43(49)40(58-46)38-59(52,53)54)57-42(48)35-33-31-29-27-25-23-20-18-16-14-12-10-8-6-4-2/h29,31,39-40,43-46,49-51H,3-28,30,32-38H2,1-2H3,(H,52,53,54)/b31-29+/t39-,40-,43-,44?,45?,46+/m1/s1. The van der Waals surface area contributed by atoms with Crippen molar-refractivity contribution in [3.05, 3.63) is 12.2 Å². The summed E-state index contributed by atoms with van der Waals surface area (Å²) >= 11 is 0. The van der Waals surface area contributed by atoms with Crippen LogP contribution in [0.2, 0.25) is 0 Å². The monoisotopic (exact) mass is 863 g/mol. The second-order valence-corrected chi connectivity index (χ2v) is 18.3. The first kappa shape index (κ1) is 55.4. The van der Waals surface area contributed by atoms with Gasteiger partial charge in [-0.15, -0.1) is 0 Å². The highest BCUT2D eigenvalue weighted by molar-refractivity contribution is 7.85. The molecule has 59 heavy (non-hydrogen) atoms. The van der Waals surface area contributed by atoms with Crippen LogP contribution in [0.3, 0.4) is 0 Å². The number of aliphatic hydroxyl groups is 3. The Labute approximate surface area is 358 Å². The number of hydrogen-bond donors (Lipinski definition) is 4. The number of hydrogen-bond acceptors (Lipinski definition) is 11. The van der Waals surface area contributed by atoms with Gasteiger partial charge in [-0.05, 0) is 25.7 Å². The largest absolute Gasteiger partial charge is 0.462 e. The summed E-state index contributed by atoms with van der Waals surface area (Å²) in [6, 6.07) is 0. The van der Waals surface area contributed by atoms with Crippen LogP contribution in [-0.4, -0.2) is 96.0 Å². The zero-order valence-electron chi connectivity index (χ0n) is 37.1. The summed E-state index contributed by atoms with van der Waals surface area (Å²) in [6.07, 6.45) is 29.8. The fourth-order valence-electron chi connectivity index (χ4n) is 7.40. The van der Waals surface area contributed by atoms with Crippen molar-refractivity contribution in [1.82, 2.24) is 0 Å². The Morgan fingerprint density at radius 1 is 0.559 bits per heavy atom. The number of allylic oxidation sites excluding steroid dienone is 2. The minimum atomic E-state index is -4.60. The van der Waals surface area contributed by atoms with Crippen LogP contribution >= 0.6 is 0 Å². The van der Waals surface area contributed by atoms with Crippen LogP contribution in [0.4, 0.5) is 0 Å². The van der Waals surface area contributed by atoms with E-state index >= 15 is 0 Å². The third-order valence-electron chi connectivity index (χ3n) is 11.1. The van der Waals surface area contributed by atoms with Gasteiger partial charge in [0.1, 0.15) is 36.8 Å². The molecule has 1 rings (SSSR count). The first-order valence-corrected chi connectivity index (χ1v) is 25.4. The third kappa shape index (κ3) is 31.8. The maximum absolute atomic E-state index is 12.8. The molecule has 0 saturated carbocycles. The third-order valence-corrected chi connectivity index (χ3v) is 11.9. The quantitative estimate of drug-likeness (QED) is 0.0198. The Balaban J connectivity index is 2.43. The lowest BCUT2D eigenvalue weighted by atomic mass is 10.00. The topological polar surface area (TPSA) is 186 Å². The van der Waals surface area contributed by atoms with E-state index in [4.69, 9.17) is 18.9 Å². The molecular formula is C46H86O12S. The number of rotatable bonds is 40. The van der Waals surface area contributed by atoms with E-state index in [1.807, 2.05) is 6.08 Å². The van der Waals surface area contributed by atoms with Crippen molar-refractivity contribution >= 4 is 22.1 Å². The lowest BCUT2D eigenvalue weighted by molar-refractivity contribution is -0.297. The van der Waals surface area contributed by atoms with Crippen molar-refractivity contribution in [2.75, 3.05) is 19.0 Å². The number of aliphatic hydroxyl groups excluding tert-OH is 3. The average Bonchev–Trinajstić information content (AvgIpc) is 3.20. The van der Waals surface area contributed by atoms with Gasteiger partial charge < -0.3 is 34.3 Å². The molecule has 2 unspecified atom stereocenters. The molecule has 1 saturated heterocycles. The molecule has 0 aromatic carbocycles. The number of carbonyl (C=O) groups excluding carboxylic acids is 2. The van der Waals surface area contributed by atoms with Gasteiger partial charge in [-0.25, -0.2) is 0 Å². The first-order chi connectivity index (χ1) is 28.5. The normalized spacial score (nSPS) is 20.3. The Hall–Kier alpha value is -1.61. The maximum Gasteiger partial charge on any atom is 0.306 e. The maximum atomic E-state index is 12.8. The molecule has 0 spiro atoms. The molecule has 0 bridgehead atoms. The van der Waals surface area contributed by atoms with Crippen LogP contribution in [0, 0.1) is 0 Å². The molecule has 1 fully saturated rings. The van der Waals surface area contributed by atoms with E-state index in [-0.39, 0.29) is 19.4 Å². The second-order valence-electron chi connectivity index (χ2n) is 16.8. The number of ether oxygens (including phenoxy) is 4. The van der Waals surface area contributed by atoms with Crippen LogP contribution < -0.4 is 0 Å². The fourth-order valence-corrected chi connectivity index (χ4v) is 8.09. The van der Waals surface area contributed by atoms with Crippen molar-refractivity contribution in [2.45, 2.75) is 250 Å². The molecule has 0 radical (unpaired) electrons. The van der Waals surface area contributed by atoms with Crippen molar-refractivity contribution in [3.8, 4) is 0 Å². The van der Waals surface area contributed by atoms with Crippen LogP contribution in [0.1, 0.15) is 213 Å². The molecule has 0 aromatic rings. The smallest absolute Gasteiger partial charge is 0.306 e. The van der Waals surface area contributed by atoms with Crippen LogP contribution in [0.25, 0.3) is 0 Å². The number of unbranched alkanes of at least 4 members (excludes halogenated alkanes) is 26. The second kappa shape index (κ2) is 37.0. The molecular weight excluding hydrogens is 777 g/mol. The highest BCUT2D eigenvalue weighted by atomic mass is 32.2. The van der Waals surface area contributed by atoms with Crippen molar-refractivity contribution in [1.29, 1.82) is 0 Å². The summed E-state index contributed by atoms with van der Waals surface area (Å²) in [5.41, 5.74) is 0. The Bertz CT molecular complexity index is 1150. The summed E-state index contributed by atoms with van der Waals surface area (Å²) < 4.78 is 54.0. The summed E-state index contributed by atoms with van der Waals surface area (Å²) in [5.74, 6) is -2.03. The van der Waals surface area contributed by atoms with Crippen molar-refractivity contribution in [3.63, 3.8) is 0 Å². The fraction of sp³-hybridized carbons (Fsp3) is 0.913. The van der Waals surface area contributed by atoms with Crippen molar-refractivity contribution in [2.24, 2.45) is 0 Å². The van der Waals surface area contributed by atoms with E-state index in [9.17, 15) is 37.9 Å². The average molecular weight is 863 g/mol. The van der Waals surface area contributed by atoms with Crippen LogP contribution in [0.15, 0.2) is 12.2 Å². The summed E-state index contributed by atoms with van der Waals surface area (Å²) in [6.45, 7) is 3.75. The minimum Gasteiger partial charge on any atom is -0.462 e. The van der Waals surface area contributed by atoms with E-state index in [2.05, 4.69) is 19.9 Å². The van der Waals surface area contributed by atoms with Gasteiger partial charge in [0.05, 0.1) is 6.61 Å². The van der Waals surface area contributed by atoms with E-state index in [0.29, 0.717) is 12.8 Å². The molecule has 1 aliphatic rings. The van der Waals surface area contributed by atoms with Crippen LogP contribution in [0.5, 0.6) is 0 Å². The van der Waals surface area contributed by atoms with Crippen LogP contribution in [-0.2, 0) is 38.7 Å². The molecule has 13 heteroatoms. The van der Waals surface area contributed by atoms with Gasteiger partial charge in [0.15, 0.2) is 12.4 Å². The predicted molar refractivity (Wildman–Crippen MR) is 234 cm³/mol. The van der Waals surface area contributed by atoms with Gasteiger partial charge in [0, 0.05) is 12.8 Å². The van der Waals surface area contributed by atoms with E-state index in [0.717, 1.165) is 32.1 Å². The predicted octanol–water partition coefficient (Wildman–Crippen LogP) is 9.84. The summed E-state index contributed by atoms with van der Waals surface area (Å²) in [5, 5.41) is 30.9. The Morgan fingerprint density at radius 2 is 1.00 bits per heavy atom. The zero-order valence-corrected chi connectivity index (χ0v) is 37.9. The molecule has 0 aliphatic carbocycles. The van der Waals surface area contributed by atoms with Gasteiger partial charge in [-0.3, -0.25) is 14.1 Å². The van der Waals surface area contributed by atoms with Gasteiger partial charge in [0.25, 0.3) is 10.1 Å². The lowest BCUT2D eigenvalue weighted by Gasteiger charge is -2.40. The van der Waals surface area contributed by atoms with E-state index < -0.39 is 71.2 Å². The zero-order chi connectivity index (χ0) is 43.4. The molecule has 0 amide bonds. The molecule has 6 atom stereocenters. The Kier molecular flexibility index (Phi) is 34.7. The summed E-state index contributed by atoms with van der Waals surface area (Å²) in [7, 11) is -4.60. The van der Waals surface area contributed by atoms with Gasteiger partial charge in [-0.2, -0.15) is 8.42 Å². The Morgan fingerprint density at radius 3 is 1.47 bits per heavy atom. The van der Waals surface area contributed by atoms with Gasteiger partial charge in [-0.1, -0.05) is 187 Å². The number of carbonyl (C=O) groups is 2. The SMILES string of the molecule is CCCCCCCCCCCCC/C=C/CCC(=O)O[C@H](COC(=O)CCCCCCCCCCCCCCCCCC)CO[C@H]1O[C@H](CS(=O)(=O)O)[C@@H](O)C(O)C1O. The van der Waals surface area contributed by atoms with Gasteiger partial charge in [0.2, 0.25) is 0 Å². The molecule has 0 aromatic heterocycles. The number of esters is 2. The molecule has 348 valence electrons. The van der Waals surface area contributed by atoms with Gasteiger partial charge >= 0.3 is 11.9 Å². The highest BCUT2D eigenvalue weighted by Crippen LogP contribution is 2.24. The minimum absolute atomic E-state index is 0.0856. The molecule has 4 N–H and O–H groups in total. The first-order valence-electron chi connectivity index (χ1n) is 23.7. The molecule has 1 aliphatic heterocycles.